The molecule has 0 aliphatic carbocycles. The van der Waals surface area contributed by atoms with Gasteiger partial charge < -0.3 is 4.74 Å². The third-order valence-corrected chi connectivity index (χ3v) is 0.730. The van der Waals surface area contributed by atoms with Crippen molar-refractivity contribution >= 4 is 6.40 Å². The Hall–Kier alpha value is -0.530. The second-order valence-corrected chi connectivity index (χ2v) is 1.42. The number of rotatable bonds is 0. The van der Waals surface area contributed by atoms with E-state index in [4.69, 9.17) is 4.74 Å². The van der Waals surface area contributed by atoms with E-state index in [1.807, 2.05) is 20.8 Å². The summed E-state index contributed by atoms with van der Waals surface area (Å²) in [4.78, 5) is 3.82. The summed E-state index contributed by atoms with van der Waals surface area (Å²) >= 11 is 0. The first-order valence-electron chi connectivity index (χ1n) is 3.03. The first-order valence-corrected chi connectivity index (χ1v) is 3.03. The van der Waals surface area contributed by atoms with Gasteiger partial charge in [0.15, 0.2) is 6.40 Å². The molecule has 1 aliphatic heterocycles. The van der Waals surface area contributed by atoms with Crippen LogP contribution in [0.5, 0.6) is 0 Å². The van der Waals surface area contributed by atoms with Crippen molar-refractivity contribution in [2.24, 2.45) is 4.99 Å². The summed E-state index contributed by atoms with van der Waals surface area (Å²) < 4.78 is 4.86. The van der Waals surface area contributed by atoms with Gasteiger partial charge in [0.05, 0.1) is 6.54 Å². The third kappa shape index (κ3) is 2.61. The average molecular weight is 115 g/mol. The van der Waals surface area contributed by atoms with Crippen LogP contribution in [0.2, 0.25) is 0 Å². The highest BCUT2D eigenvalue weighted by Gasteiger charge is 2.01. The molecule has 1 atom stereocenters. The Balaban J connectivity index is 0.000000222. The van der Waals surface area contributed by atoms with Crippen molar-refractivity contribution in [3.8, 4) is 0 Å². The van der Waals surface area contributed by atoms with Gasteiger partial charge in [-0.25, -0.2) is 0 Å². The Labute approximate surface area is 50.6 Å². The topological polar surface area (TPSA) is 21.6 Å². The zero-order chi connectivity index (χ0) is 6.41. The number of ether oxygens (including phenoxy) is 1. The number of hydrogen-bond donors (Lipinski definition) is 0. The Morgan fingerprint density at radius 1 is 1.62 bits per heavy atom. The van der Waals surface area contributed by atoms with Gasteiger partial charge in [0.25, 0.3) is 0 Å². The second kappa shape index (κ2) is 4.62. The SMILES string of the molecule is CC.CC1CN=CO1. The lowest BCUT2D eigenvalue weighted by Gasteiger charge is -1.94. The number of aliphatic imine (C=N–C) groups is 1. The highest BCUT2D eigenvalue weighted by atomic mass is 16.5. The van der Waals surface area contributed by atoms with Crippen LogP contribution < -0.4 is 0 Å². The van der Waals surface area contributed by atoms with Crippen LogP contribution in [0.3, 0.4) is 0 Å². The normalized spacial score (nSPS) is 23.6. The van der Waals surface area contributed by atoms with Crippen molar-refractivity contribution in [2.45, 2.75) is 26.9 Å². The molecule has 0 aromatic carbocycles. The predicted molar refractivity (Wildman–Crippen MR) is 35.3 cm³/mol. The van der Waals surface area contributed by atoms with Gasteiger partial charge >= 0.3 is 0 Å². The van der Waals surface area contributed by atoms with E-state index < -0.39 is 0 Å². The molecule has 2 heteroatoms. The van der Waals surface area contributed by atoms with Gasteiger partial charge in [-0.3, -0.25) is 4.99 Å². The van der Waals surface area contributed by atoms with E-state index in [0.717, 1.165) is 6.54 Å². The lowest BCUT2D eigenvalue weighted by molar-refractivity contribution is 0.256. The van der Waals surface area contributed by atoms with Crippen molar-refractivity contribution in [2.75, 3.05) is 6.54 Å². The molecule has 0 N–H and O–H groups in total. The Morgan fingerprint density at radius 3 is 2.38 bits per heavy atom. The smallest absolute Gasteiger partial charge is 0.170 e. The summed E-state index contributed by atoms with van der Waals surface area (Å²) in [7, 11) is 0. The Morgan fingerprint density at radius 2 is 2.25 bits per heavy atom. The quantitative estimate of drug-likeness (QED) is 0.468. The van der Waals surface area contributed by atoms with Crippen molar-refractivity contribution in [3.05, 3.63) is 0 Å². The van der Waals surface area contributed by atoms with E-state index in [1.165, 1.54) is 6.40 Å². The summed E-state index contributed by atoms with van der Waals surface area (Å²) in [6.45, 7) is 6.83. The molecule has 0 spiro atoms. The van der Waals surface area contributed by atoms with Crippen LogP contribution >= 0.6 is 0 Å². The van der Waals surface area contributed by atoms with E-state index in [0.29, 0.717) is 6.10 Å². The second-order valence-electron chi connectivity index (χ2n) is 1.42. The summed E-state index contributed by atoms with van der Waals surface area (Å²) in [5.74, 6) is 0. The first-order chi connectivity index (χ1) is 3.89. The Bertz CT molecular complexity index is 62.9. The molecule has 1 heterocycles. The minimum atomic E-state index is 0.324. The summed E-state index contributed by atoms with van der Waals surface area (Å²) in [6, 6.07) is 0. The van der Waals surface area contributed by atoms with E-state index in [1.54, 1.807) is 0 Å². The fourth-order valence-corrected chi connectivity index (χ4v) is 0.381. The molecule has 1 rings (SSSR count). The van der Waals surface area contributed by atoms with Crippen LogP contribution in [0.4, 0.5) is 0 Å². The zero-order valence-corrected chi connectivity index (χ0v) is 5.72. The maximum atomic E-state index is 4.86. The summed E-state index contributed by atoms with van der Waals surface area (Å²) in [5, 5.41) is 0. The molecular weight excluding hydrogens is 102 g/mol. The van der Waals surface area contributed by atoms with Gasteiger partial charge in [0.2, 0.25) is 0 Å². The van der Waals surface area contributed by atoms with Gasteiger partial charge in [0, 0.05) is 0 Å². The van der Waals surface area contributed by atoms with Gasteiger partial charge in [-0.2, -0.15) is 0 Å². The van der Waals surface area contributed by atoms with Crippen LogP contribution in [0.25, 0.3) is 0 Å². The summed E-state index contributed by atoms with van der Waals surface area (Å²) in [5.41, 5.74) is 0. The molecule has 0 saturated carbocycles. The maximum Gasteiger partial charge on any atom is 0.170 e. The molecular formula is C6H13NO. The monoisotopic (exact) mass is 115 g/mol. The zero-order valence-electron chi connectivity index (χ0n) is 5.72. The summed E-state index contributed by atoms with van der Waals surface area (Å²) in [6.07, 6.45) is 1.83. The van der Waals surface area contributed by atoms with Crippen molar-refractivity contribution in [1.29, 1.82) is 0 Å². The molecule has 0 aromatic heterocycles. The van der Waals surface area contributed by atoms with Gasteiger partial charge in [-0.1, -0.05) is 13.8 Å². The lowest BCUT2D eigenvalue weighted by Crippen LogP contribution is -2.01. The average Bonchev–Trinajstić information content (AvgIpc) is 2.24. The molecule has 48 valence electrons. The minimum absolute atomic E-state index is 0.324. The minimum Gasteiger partial charge on any atom is -0.479 e. The Kier molecular flexibility index (Phi) is 4.32. The molecule has 0 aromatic rings. The standard InChI is InChI=1S/C4H7NO.C2H6/c1-4-2-5-3-6-4;1-2/h3-4H,2H2,1H3;1-2H3. The van der Waals surface area contributed by atoms with Crippen molar-refractivity contribution in [1.82, 2.24) is 0 Å². The van der Waals surface area contributed by atoms with Crippen LogP contribution in [-0.2, 0) is 4.74 Å². The molecule has 2 nitrogen and oxygen atoms in total. The van der Waals surface area contributed by atoms with Gasteiger partial charge in [-0.15, -0.1) is 0 Å². The number of nitrogens with zero attached hydrogens (tertiary/aromatic N) is 1. The van der Waals surface area contributed by atoms with Crippen molar-refractivity contribution in [3.63, 3.8) is 0 Å². The maximum absolute atomic E-state index is 4.86. The van der Waals surface area contributed by atoms with Crippen LogP contribution in [0, 0.1) is 0 Å². The van der Waals surface area contributed by atoms with Crippen LogP contribution in [-0.4, -0.2) is 19.0 Å². The molecule has 0 fully saturated rings. The first kappa shape index (κ1) is 7.47. The fraction of sp³-hybridized carbons (Fsp3) is 0.833. The molecule has 1 aliphatic rings. The third-order valence-electron chi connectivity index (χ3n) is 0.730. The van der Waals surface area contributed by atoms with Crippen LogP contribution in [0.15, 0.2) is 4.99 Å². The molecule has 0 saturated heterocycles. The predicted octanol–water partition coefficient (Wildman–Crippen LogP) is 1.46. The molecule has 8 heavy (non-hydrogen) atoms. The van der Waals surface area contributed by atoms with E-state index >= 15 is 0 Å². The van der Waals surface area contributed by atoms with Crippen molar-refractivity contribution < 1.29 is 4.74 Å². The highest BCUT2D eigenvalue weighted by molar-refractivity contribution is 5.48. The van der Waals surface area contributed by atoms with E-state index in [9.17, 15) is 0 Å². The van der Waals surface area contributed by atoms with E-state index in [2.05, 4.69) is 4.99 Å². The highest BCUT2D eigenvalue weighted by Crippen LogP contribution is 1.93. The van der Waals surface area contributed by atoms with Crippen LogP contribution in [0.1, 0.15) is 20.8 Å². The number of hydrogen-bond acceptors (Lipinski definition) is 2. The molecule has 0 bridgehead atoms. The van der Waals surface area contributed by atoms with E-state index in [-0.39, 0.29) is 0 Å². The largest absolute Gasteiger partial charge is 0.479 e. The molecule has 0 radical (unpaired) electrons. The van der Waals surface area contributed by atoms with Gasteiger partial charge in [-0.05, 0) is 6.92 Å². The molecule has 1 unspecified atom stereocenters. The lowest BCUT2D eigenvalue weighted by atomic mass is 10.4. The molecule has 0 amide bonds. The fourth-order valence-electron chi connectivity index (χ4n) is 0.381. The van der Waals surface area contributed by atoms with Gasteiger partial charge in [0.1, 0.15) is 6.10 Å².